The van der Waals surface area contributed by atoms with Crippen LogP contribution in [0.4, 0.5) is 0 Å². The van der Waals surface area contributed by atoms with Gasteiger partial charge in [-0.2, -0.15) is 0 Å². The summed E-state index contributed by atoms with van der Waals surface area (Å²) in [5.74, 6) is 0.131. The largest absolute Gasteiger partial charge is 0.319 e. The highest BCUT2D eigenvalue weighted by Crippen LogP contribution is 2.11. The number of nitrogens with one attached hydrogen (secondary N) is 1. The highest BCUT2D eigenvalue weighted by molar-refractivity contribution is 6.11. The standard InChI is InChI=1S/C22H42BN.C18H36.C6H15N.C2H6/c1-4-5-6-7-8-9-10-11-12-13-14-15-16-17-18-19-22(23)24-20-21(2)3;1-3-5-7-9-11-13-15-17-18-16-14-12-10-8-6-4-2;1-4-5-6-7(2)3;1-2/h11-12,22,24H,2,4-10,13-20H2,1,3H3;17-18H,3-16H2,1-2H3;4-6H2,1-3H3;1-2H3/b12-11+;18-17+;;. The molecule has 0 fully saturated rings. The van der Waals surface area contributed by atoms with Gasteiger partial charge in [0.25, 0.3) is 0 Å². The fourth-order valence-corrected chi connectivity index (χ4v) is 5.64. The van der Waals surface area contributed by atoms with Crippen molar-refractivity contribution in [3.05, 3.63) is 36.5 Å². The molecule has 0 spiro atoms. The van der Waals surface area contributed by atoms with Gasteiger partial charge in [-0.25, -0.2) is 0 Å². The molecular formula is C48H99BN2. The second-order valence-corrected chi connectivity index (χ2v) is 15.1. The van der Waals surface area contributed by atoms with E-state index in [0.717, 1.165) is 18.5 Å². The van der Waals surface area contributed by atoms with Crippen molar-refractivity contribution >= 4 is 7.85 Å². The Balaban J connectivity index is -0.000000358. The number of allylic oxidation sites excluding steroid dienone is 4. The molecule has 0 amide bonds. The third-order valence-corrected chi connectivity index (χ3v) is 9.02. The molecule has 0 saturated heterocycles. The van der Waals surface area contributed by atoms with Crippen LogP contribution in [0, 0.1) is 0 Å². The summed E-state index contributed by atoms with van der Waals surface area (Å²) in [6.45, 7) is 21.0. The molecule has 0 aromatic heterocycles. The Bertz CT molecular complexity index is 623. The lowest BCUT2D eigenvalue weighted by Crippen LogP contribution is -2.30. The number of hydrogen-bond acceptors (Lipinski definition) is 2. The van der Waals surface area contributed by atoms with Gasteiger partial charge in [0.1, 0.15) is 0 Å². The minimum absolute atomic E-state index is 0.131. The van der Waals surface area contributed by atoms with Gasteiger partial charge in [0.05, 0.1) is 7.85 Å². The van der Waals surface area contributed by atoms with Crippen molar-refractivity contribution < 1.29 is 0 Å². The molecule has 0 aromatic rings. The Morgan fingerprint density at radius 1 is 0.510 bits per heavy atom. The first-order chi connectivity index (χ1) is 24.8. The van der Waals surface area contributed by atoms with Gasteiger partial charge in [0.2, 0.25) is 0 Å². The SMILES string of the molecule is CC.CCCCCCCC/C=C/CCCCCCCC.CCCCN(C)C.[B]C(CCCCCCC/C=C/CCCCCCCC)NCC(=C)C. The van der Waals surface area contributed by atoms with Crippen LogP contribution in [-0.4, -0.2) is 45.9 Å². The highest BCUT2D eigenvalue weighted by atomic mass is 15.0. The predicted molar refractivity (Wildman–Crippen MR) is 242 cm³/mol. The fourth-order valence-electron chi connectivity index (χ4n) is 5.64. The van der Waals surface area contributed by atoms with E-state index in [1.807, 2.05) is 20.8 Å². The molecule has 51 heavy (non-hydrogen) atoms. The van der Waals surface area contributed by atoms with Gasteiger partial charge in [-0.15, -0.1) is 0 Å². The van der Waals surface area contributed by atoms with Crippen LogP contribution in [0.25, 0.3) is 0 Å². The quantitative estimate of drug-likeness (QED) is 0.0399. The second kappa shape index (κ2) is 56.0. The van der Waals surface area contributed by atoms with Crippen molar-refractivity contribution in [2.24, 2.45) is 0 Å². The maximum absolute atomic E-state index is 6.01. The summed E-state index contributed by atoms with van der Waals surface area (Å²) in [6, 6.07) is 0. The van der Waals surface area contributed by atoms with Gasteiger partial charge in [0, 0.05) is 6.54 Å². The minimum Gasteiger partial charge on any atom is -0.319 e. The molecule has 0 aromatic carbocycles. The summed E-state index contributed by atoms with van der Waals surface area (Å²) < 4.78 is 0. The van der Waals surface area contributed by atoms with Crippen LogP contribution < -0.4 is 5.32 Å². The van der Waals surface area contributed by atoms with Crippen LogP contribution in [0.1, 0.15) is 241 Å². The summed E-state index contributed by atoms with van der Waals surface area (Å²) in [6.07, 6.45) is 50.4. The summed E-state index contributed by atoms with van der Waals surface area (Å²) in [7, 11) is 10.2. The summed E-state index contributed by atoms with van der Waals surface area (Å²) in [5, 5.41) is 3.30. The van der Waals surface area contributed by atoms with E-state index in [9.17, 15) is 0 Å². The first kappa shape index (κ1) is 56.9. The molecule has 1 atom stereocenters. The van der Waals surface area contributed by atoms with E-state index in [-0.39, 0.29) is 5.94 Å². The second-order valence-electron chi connectivity index (χ2n) is 15.1. The van der Waals surface area contributed by atoms with Crippen molar-refractivity contribution in [1.82, 2.24) is 10.2 Å². The first-order valence-electron chi connectivity index (χ1n) is 22.9. The molecule has 0 aliphatic carbocycles. The molecule has 3 heteroatoms. The minimum atomic E-state index is 0.131. The van der Waals surface area contributed by atoms with Gasteiger partial charge >= 0.3 is 0 Å². The van der Waals surface area contributed by atoms with Crippen LogP contribution in [0.15, 0.2) is 36.5 Å². The maximum atomic E-state index is 6.01. The van der Waals surface area contributed by atoms with E-state index < -0.39 is 0 Å². The number of hydrogen-bond donors (Lipinski definition) is 1. The Hall–Kier alpha value is -0.795. The molecule has 0 saturated carbocycles. The summed E-state index contributed by atoms with van der Waals surface area (Å²) >= 11 is 0. The number of unbranched alkanes of at least 4 members (excludes halogenated alkanes) is 24. The topological polar surface area (TPSA) is 15.3 Å². The maximum Gasteiger partial charge on any atom is 0.0906 e. The van der Waals surface area contributed by atoms with Crippen LogP contribution in [0.3, 0.4) is 0 Å². The zero-order valence-corrected chi connectivity index (χ0v) is 37.2. The van der Waals surface area contributed by atoms with Gasteiger partial charge < -0.3 is 10.2 Å². The Morgan fingerprint density at radius 3 is 1.08 bits per heavy atom. The predicted octanol–water partition coefficient (Wildman–Crippen LogP) is 16.1. The summed E-state index contributed by atoms with van der Waals surface area (Å²) in [5.41, 5.74) is 1.15. The average molecular weight is 715 g/mol. The number of nitrogens with zero attached hydrogens (tertiary/aromatic N) is 1. The monoisotopic (exact) mass is 715 g/mol. The molecule has 1 unspecified atom stereocenters. The van der Waals surface area contributed by atoms with Gasteiger partial charge in [-0.3, -0.25) is 0 Å². The van der Waals surface area contributed by atoms with E-state index in [1.54, 1.807) is 0 Å². The van der Waals surface area contributed by atoms with E-state index in [1.165, 1.54) is 193 Å². The van der Waals surface area contributed by atoms with E-state index in [4.69, 9.17) is 7.85 Å². The molecular weight excluding hydrogens is 615 g/mol. The van der Waals surface area contributed by atoms with Crippen molar-refractivity contribution in [3.8, 4) is 0 Å². The Kier molecular flexibility index (Phi) is 62.5. The van der Waals surface area contributed by atoms with Crippen LogP contribution in [-0.2, 0) is 0 Å². The molecule has 2 nitrogen and oxygen atoms in total. The van der Waals surface area contributed by atoms with E-state index >= 15 is 0 Å². The van der Waals surface area contributed by atoms with Gasteiger partial charge in [0.15, 0.2) is 0 Å². The average Bonchev–Trinajstić information content (AvgIpc) is 3.13. The molecule has 0 heterocycles. The molecule has 0 aliphatic heterocycles. The van der Waals surface area contributed by atoms with Crippen molar-refractivity contribution in [1.29, 1.82) is 0 Å². The van der Waals surface area contributed by atoms with Crippen LogP contribution >= 0.6 is 0 Å². The first-order valence-corrected chi connectivity index (χ1v) is 22.9. The summed E-state index contributed by atoms with van der Waals surface area (Å²) in [4.78, 5) is 2.21. The van der Waals surface area contributed by atoms with Crippen molar-refractivity contribution in [3.63, 3.8) is 0 Å². The Morgan fingerprint density at radius 2 is 0.804 bits per heavy atom. The van der Waals surface area contributed by atoms with Crippen molar-refractivity contribution in [2.45, 2.75) is 247 Å². The Labute approximate surface area is 327 Å². The lowest BCUT2D eigenvalue weighted by atomic mass is 9.90. The lowest BCUT2D eigenvalue weighted by Gasteiger charge is -2.13. The van der Waals surface area contributed by atoms with Gasteiger partial charge in [-0.1, -0.05) is 206 Å². The fraction of sp³-hybridized carbons (Fsp3) is 0.875. The smallest absolute Gasteiger partial charge is 0.0906 e. The highest BCUT2D eigenvalue weighted by Gasteiger charge is 2.00. The number of rotatable bonds is 35. The lowest BCUT2D eigenvalue weighted by molar-refractivity contribution is 0.398. The molecule has 0 bridgehead atoms. The third kappa shape index (κ3) is 67.8. The van der Waals surface area contributed by atoms with Crippen LogP contribution in [0.2, 0.25) is 0 Å². The molecule has 0 aliphatic rings. The van der Waals surface area contributed by atoms with E-state index in [0.29, 0.717) is 0 Å². The van der Waals surface area contributed by atoms with Crippen LogP contribution in [0.5, 0.6) is 0 Å². The van der Waals surface area contributed by atoms with Gasteiger partial charge in [-0.05, 0) is 97.7 Å². The zero-order chi connectivity index (χ0) is 38.9. The third-order valence-electron chi connectivity index (χ3n) is 9.02. The van der Waals surface area contributed by atoms with Crippen molar-refractivity contribution in [2.75, 3.05) is 27.2 Å². The van der Waals surface area contributed by atoms with E-state index in [2.05, 4.69) is 82.9 Å². The molecule has 1 N–H and O–H groups in total. The molecule has 2 radical (unpaired) electrons. The molecule has 304 valence electrons. The normalized spacial score (nSPS) is 11.6. The molecule has 0 rings (SSSR count). The zero-order valence-electron chi connectivity index (χ0n) is 37.2.